The van der Waals surface area contributed by atoms with Crippen LogP contribution in [0.25, 0.3) is 0 Å². The number of amides is 2. The molecule has 0 radical (unpaired) electrons. The van der Waals surface area contributed by atoms with Crippen molar-refractivity contribution in [1.82, 2.24) is 5.43 Å². The van der Waals surface area contributed by atoms with Gasteiger partial charge in [-0.3, -0.25) is 0 Å². The van der Waals surface area contributed by atoms with E-state index in [1.807, 2.05) is 0 Å². The quantitative estimate of drug-likeness (QED) is 0.533. The molecule has 4 aliphatic carbocycles. The lowest BCUT2D eigenvalue weighted by Crippen LogP contribution is -2.51. The van der Waals surface area contributed by atoms with Gasteiger partial charge in [0.05, 0.1) is 0 Å². The first-order valence-electron chi connectivity index (χ1n) is 11.2. The summed E-state index contributed by atoms with van der Waals surface area (Å²) in [5.74, 6) is 1.70. The van der Waals surface area contributed by atoms with E-state index in [0.29, 0.717) is 29.8 Å². The summed E-state index contributed by atoms with van der Waals surface area (Å²) in [5.41, 5.74) is 13.0. The molecule has 3 saturated carbocycles. The van der Waals surface area contributed by atoms with Gasteiger partial charge in [0.2, 0.25) is 0 Å². The highest BCUT2D eigenvalue weighted by Crippen LogP contribution is 2.65. The van der Waals surface area contributed by atoms with E-state index in [-0.39, 0.29) is 11.4 Å². The summed E-state index contributed by atoms with van der Waals surface area (Å²) in [6.07, 6.45) is 14.1. The number of hydrogen-bond acceptors (Lipinski definition) is 4. The van der Waals surface area contributed by atoms with Gasteiger partial charge in [-0.25, -0.2) is 15.0 Å². The number of allylic oxidation sites excluding steroid dienone is 3. The van der Waals surface area contributed by atoms with Gasteiger partial charge in [-0.2, -0.15) is 5.10 Å². The smallest absolute Gasteiger partial charge is 0.332 e. The molecule has 5 aliphatic rings. The highest BCUT2D eigenvalue weighted by molar-refractivity contribution is 5.87. The fourth-order valence-corrected chi connectivity index (χ4v) is 7.28. The van der Waals surface area contributed by atoms with Gasteiger partial charge in [-0.05, 0) is 73.7 Å². The van der Waals surface area contributed by atoms with Crippen molar-refractivity contribution in [3.63, 3.8) is 0 Å². The molecule has 0 bridgehead atoms. The third kappa shape index (κ3) is 2.87. The van der Waals surface area contributed by atoms with Crippen molar-refractivity contribution >= 4 is 17.7 Å². The lowest BCUT2D eigenvalue weighted by Gasteiger charge is -2.58. The molecule has 0 spiro atoms. The second kappa shape index (κ2) is 6.82. The number of urea groups is 1. The Morgan fingerprint density at radius 2 is 2.07 bits per heavy atom. The van der Waals surface area contributed by atoms with E-state index in [1.165, 1.54) is 24.8 Å². The minimum atomic E-state index is -0.591. The molecule has 1 heterocycles. The Morgan fingerprint density at radius 3 is 2.80 bits per heavy atom. The maximum Gasteiger partial charge on any atom is 0.332 e. The van der Waals surface area contributed by atoms with E-state index in [0.717, 1.165) is 37.0 Å². The molecule has 1 aliphatic heterocycles. The lowest BCUT2D eigenvalue weighted by molar-refractivity contribution is -0.134. The first-order chi connectivity index (χ1) is 14.3. The average Bonchev–Trinajstić information content (AvgIpc) is 3.28. The van der Waals surface area contributed by atoms with Crippen LogP contribution in [0.5, 0.6) is 0 Å². The van der Waals surface area contributed by atoms with Gasteiger partial charge in [0, 0.05) is 22.8 Å². The molecular formula is C24H31N3O3. The maximum atomic E-state index is 11.6. The summed E-state index contributed by atoms with van der Waals surface area (Å²) in [4.78, 5) is 22.6. The number of nitrogens with one attached hydrogen (secondary N) is 1. The van der Waals surface area contributed by atoms with E-state index >= 15 is 0 Å². The Hall–Kier alpha value is -2.37. The molecule has 5 rings (SSSR count). The van der Waals surface area contributed by atoms with Gasteiger partial charge in [-0.15, -0.1) is 0 Å². The highest BCUT2D eigenvalue weighted by Gasteiger charge is 2.56. The molecule has 3 N–H and O–H groups in total. The number of primary amides is 1. The second-order valence-corrected chi connectivity index (χ2v) is 10.2. The SMILES string of the molecule is C[C@]12CC[C@H]3[C@H](CC[C@@H]4CC(=NNC(N)=O)CC[C@@]43C)C1=CC=C2C1=CC(=O)OC1. The van der Waals surface area contributed by atoms with Gasteiger partial charge in [-0.1, -0.05) is 31.6 Å². The first-order valence-corrected chi connectivity index (χ1v) is 11.2. The van der Waals surface area contributed by atoms with Crippen LogP contribution in [0, 0.1) is 28.6 Å². The normalized spacial score (nSPS) is 41.1. The fraction of sp³-hybridized carbons (Fsp3) is 0.625. The zero-order valence-corrected chi connectivity index (χ0v) is 17.9. The van der Waals surface area contributed by atoms with Crippen molar-refractivity contribution in [2.45, 2.75) is 58.8 Å². The van der Waals surface area contributed by atoms with Gasteiger partial charge >= 0.3 is 12.0 Å². The number of carbonyl (C=O) groups excluding carboxylic acids is 2. The Bertz CT molecular complexity index is 930. The van der Waals surface area contributed by atoms with Crippen LogP contribution in [-0.4, -0.2) is 24.3 Å². The number of cyclic esters (lactones) is 1. The Labute approximate surface area is 177 Å². The maximum absolute atomic E-state index is 11.6. The highest BCUT2D eigenvalue weighted by atomic mass is 16.5. The number of fused-ring (bicyclic) bond motifs is 5. The number of nitrogens with two attached hydrogens (primary N) is 1. The molecule has 0 aromatic rings. The molecule has 3 fully saturated rings. The molecule has 160 valence electrons. The summed E-state index contributed by atoms with van der Waals surface area (Å²) < 4.78 is 5.20. The Balaban J connectivity index is 1.36. The van der Waals surface area contributed by atoms with Gasteiger partial charge < -0.3 is 10.5 Å². The van der Waals surface area contributed by atoms with E-state index in [4.69, 9.17) is 10.5 Å². The van der Waals surface area contributed by atoms with Crippen molar-refractivity contribution in [1.29, 1.82) is 0 Å². The van der Waals surface area contributed by atoms with Crippen molar-refractivity contribution in [2.24, 2.45) is 39.4 Å². The summed E-state index contributed by atoms with van der Waals surface area (Å²) >= 11 is 0. The number of esters is 1. The van der Waals surface area contributed by atoms with Gasteiger partial charge in [0.15, 0.2) is 0 Å². The molecule has 30 heavy (non-hydrogen) atoms. The largest absolute Gasteiger partial charge is 0.458 e. The van der Waals surface area contributed by atoms with Crippen LogP contribution in [0.15, 0.2) is 40.0 Å². The van der Waals surface area contributed by atoms with E-state index in [1.54, 1.807) is 11.6 Å². The summed E-state index contributed by atoms with van der Waals surface area (Å²) in [6, 6.07) is -0.591. The third-order valence-electron chi connectivity index (χ3n) is 8.87. The summed E-state index contributed by atoms with van der Waals surface area (Å²) in [7, 11) is 0. The lowest BCUT2D eigenvalue weighted by atomic mass is 9.46. The van der Waals surface area contributed by atoms with E-state index < -0.39 is 6.03 Å². The van der Waals surface area contributed by atoms with Crippen LogP contribution in [0.2, 0.25) is 0 Å². The predicted molar refractivity (Wildman–Crippen MR) is 114 cm³/mol. The van der Waals surface area contributed by atoms with E-state index in [2.05, 4.69) is 36.5 Å². The molecule has 5 atom stereocenters. The van der Waals surface area contributed by atoms with E-state index in [9.17, 15) is 9.59 Å². The predicted octanol–water partition coefficient (Wildman–Crippen LogP) is 3.99. The van der Waals surface area contributed by atoms with Crippen LogP contribution < -0.4 is 11.2 Å². The van der Waals surface area contributed by atoms with Crippen LogP contribution in [0.3, 0.4) is 0 Å². The topological polar surface area (TPSA) is 93.8 Å². The average molecular weight is 410 g/mol. The van der Waals surface area contributed by atoms with Crippen molar-refractivity contribution in [3.8, 4) is 0 Å². The number of hydrazone groups is 1. The van der Waals surface area contributed by atoms with Gasteiger partial charge in [0.25, 0.3) is 0 Å². The third-order valence-corrected chi connectivity index (χ3v) is 8.87. The molecule has 0 aromatic heterocycles. The van der Waals surface area contributed by atoms with Gasteiger partial charge in [0.1, 0.15) is 6.61 Å². The number of rotatable bonds is 2. The number of carbonyl (C=O) groups is 2. The Morgan fingerprint density at radius 1 is 1.23 bits per heavy atom. The Kier molecular flexibility index (Phi) is 4.46. The molecule has 6 heteroatoms. The van der Waals surface area contributed by atoms with Crippen LogP contribution in [0.1, 0.15) is 58.8 Å². The van der Waals surface area contributed by atoms with Crippen LogP contribution in [-0.2, 0) is 9.53 Å². The molecule has 0 aromatic carbocycles. The minimum absolute atomic E-state index is 0.0386. The summed E-state index contributed by atoms with van der Waals surface area (Å²) in [6.45, 7) is 5.27. The van der Waals surface area contributed by atoms with Crippen molar-refractivity contribution in [3.05, 3.63) is 34.9 Å². The number of nitrogens with zero attached hydrogens (tertiary/aromatic N) is 1. The monoisotopic (exact) mass is 409 g/mol. The second-order valence-electron chi connectivity index (χ2n) is 10.2. The minimum Gasteiger partial charge on any atom is -0.458 e. The summed E-state index contributed by atoms with van der Waals surface area (Å²) in [5, 5.41) is 4.26. The molecule has 0 saturated heterocycles. The molecular weight excluding hydrogens is 378 g/mol. The number of hydrogen-bond donors (Lipinski definition) is 2. The molecule has 6 nitrogen and oxygen atoms in total. The zero-order chi connectivity index (χ0) is 21.1. The fourth-order valence-electron chi connectivity index (χ4n) is 7.28. The first kappa shape index (κ1) is 19.6. The van der Waals surface area contributed by atoms with Crippen molar-refractivity contribution < 1.29 is 14.3 Å². The van der Waals surface area contributed by atoms with Crippen LogP contribution in [0.4, 0.5) is 4.79 Å². The molecule has 0 unspecified atom stereocenters. The number of ether oxygens (including phenoxy) is 1. The standard InChI is InChI=1S/C24H31N3O3/c1-23-9-7-16(26-27-22(25)29)12-15(23)3-4-17-19-6-5-18(14-11-21(28)30-13-14)24(19,2)10-8-20(17)23/h5-6,11,15,17,20H,3-4,7-10,12-13H2,1-2H3,(H3,25,27,29)/t15-,17-,20+,23+,24-/m1/s1. The van der Waals surface area contributed by atoms with Crippen molar-refractivity contribution in [2.75, 3.05) is 6.61 Å². The molecule has 2 amide bonds. The zero-order valence-electron chi connectivity index (χ0n) is 17.9. The van der Waals surface area contributed by atoms with Crippen LogP contribution >= 0.6 is 0 Å².